The van der Waals surface area contributed by atoms with Gasteiger partial charge in [0.05, 0.1) is 0 Å². The van der Waals surface area contributed by atoms with Crippen LogP contribution < -0.4 is 21.3 Å². The van der Waals surface area contributed by atoms with E-state index in [1.807, 2.05) is 60.9 Å². The summed E-state index contributed by atoms with van der Waals surface area (Å²) in [5, 5.41) is 4.18. The van der Waals surface area contributed by atoms with E-state index in [1.54, 1.807) is 0 Å². The molecule has 3 aromatic carbocycles. The normalized spacial score (nSPS) is 11.1. The molecule has 0 unspecified atom stereocenters. The molecular formula is C23H21FINOPS+. The van der Waals surface area contributed by atoms with Crippen molar-refractivity contribution >= 4 is 64.3 Å². The van der Waals surface area contributed by atoms with Crippen molar-refractivity contribution in [2.24, 2.45) is 0 Å². The van der Waals surface area contributed by atoms with Crippen molar-refractivity contribution in [2.75, 3.05) is 6.26 Å². The monoisotopic (exact) mass is 536 g/mol. The zero-order valence-corrected chi connectivity index (χ0v) is 19.9. The highest BCUT2D eigenvalue weighted by atomic mass is 127. The molecule has 1 heterocycles. The molecule has 148 valence electrons. The molecule has 0 saturated heterocycles. The van der Waals surface area contributed by atoms with Crippen molar-refractivity contribution in [1.29, 1.82) is 0 Å². The number of halogens is 2. The number of hydrogen-bond acceptors (Lipinski definition) is 3. The average molecular weight is 536 g/mol. The van der Waals surface area contributed by atoms with Gasteiger partial charge in [0.15, 0.2) is 13.9 Å². The lowest BCUT2D eigenvalue weighted by Crippen LogP contribution is -2.40. The second-order valence-electron chi connectivity index (χ2n) is 6.23. The third-order valence-corrected chi connectivity index (χ3v) is 9.63. The van der Waals surface area contributed by atoms with Crippen LogP contribution in [0.25, 0.3) is 0 Å². The third kappa shape index (κ3) is 4.00. The summed E-state index contributed by atoms with van der Waals surface area (Å²) in [6.07, 6.45) is 1.95. The summed E-state index contributed by atoms with van der Waals surface area (Å²) in [5.74, 6) is 0.131. The molecule has 0 aliphatic carbocycles. The van der Waals surface area contributed by atoms with Gasteiger partial charge >= 0.3 is 0 Å². The Hall–Kier alpha value is -1.69. The summed E-state index contributed by atoms with van der Waals surface area (Å²) in [6, 6.07) is 31.2. The van der Waals surface area contributed by atoms with Crippen molar-refractivity contribution in [1.82, 2.24) is 4.98 Å². The van der Waals surface area contributed by atoms with Crippen LogP contribution in [-0.2, 0) is 6.67 Å². The summed E-state index contributed by atoms with van der Waals surface area (Å²) in [6.45, 7) is -0.716. The molecule has 0 aliphatic heterocycles. The molecule has 0 spiro atoms. The lowest BCUT2D eigenvalue weighted by atomic mass is 10.4. The van der Waals surface area contributed by atoms with E-state index in [9.17, 15) is 4.39 Å². The number of hydrogen-bond donors (Lipinski definition) is 0. The van der Waals surface area contributed by atoms with Crippen LogP contribution in [-0.4, -0.2) is 11.2 Å². The zero-order chi connectivity index (χ0) is 19.4. The molecule has 29 heavy (non-hydrogen) atoms. The average Bonchev–Trinajstić information content (AvgIpc) is 3.20. The van der Waals surface area contributed by atoms with Crippen LogP contribution in [0.2, 0.25) is 0 Å². The molecule has 2 nitrogen and oxygen atoms in total. The van der Waals surface area contributed by atoms with E-state index in [-0.39, 0.29) is 29.9 Å². The molecule has 0 bridgehead atoms. The molecular weight excluding hydrogens is 515 g/mol. The minimum Gasteiger partial charge on any atom is -0.427 e. The van der Waals surface area contributed by atoms with Gasteiger partial charge in [0.1, 0.15) is 15.9 Å². The predicted octanol–water partition coefficient (Wildman–Crippen LogP) is 5.10. The van der Waals surface area contributed by atoms with Crippen molar-refractivity contribution in [3.05, 3.63) is 96.9 Å². The van der Waals surface area contributed by atoms with Crippen LogP contribution in [0.5, 0.6) is 0 Å². The van der Waals surface area contributed by atoms with E-state index in [1.165, 1.54) is 27.7 Å². The topological polar surface area (TPSA) is 26.0 Å². The number of rotatable bonds is 6. The SMILES string of the molecule is CSc1oc(CF)nc1[P+](c1ccccc1)(c1ccccc1)c1ccccc1.I. The summed E-state index contributed by atoms with van der Waals surface area (Å²) >= 11 is 1.47. The highest BCUT2D eigenvalue weighted by Gasteiger charge is 2.52. The number of thioether (sulfide) groups is 1. The van der Waals surface area contributed by atoms with Gasteiger partial charge in [-0.2, -0.15) is 4.98 Å². The lowest BCUT2D eigenvalue weighted by Gasteiger charge is -2.25. The van der Waals surface area contributed by atoms with Crippen molar-refractivity contribution in [3.8, 4) is 0 Å². The first-order valence-electron chi connectivity index (χ1n) is 8.97. The highest BCUT2D eigenvalue weighted by Crippen LogP contribution is 2.55. The number of nitrogens with zero attached hydrogens (tertiary/aromatic N) is 1. The van der Waals surface area contributed by atoms with Gasteiger partial charge in [-0.15, -0.1) is 24.0 Å². The first-order chi connectivity index (χ1) is 13.8. The van der Waals surface area contributed by atoms with Gasteiger partial charge in [0, 0.05) is 0 Å². The van der Waals surface area contributed by atoms with Crippen LogP contribution in [0, 0.1) is 0 Å². The molecule has 0 fully saturated rings. The van der Waals surface area contributed by atoms with Gasteiger partial charge in [-0.05, 0) is 42.7 Å². The summed E-state index contributed by atoms with van der Waals surface area (Å²) < 4.78 is 19.3. The van der Waals surface area contributed by atoms with E-state index >= 15 is 0 Å². The molecule has 0 N–H and O–H groups in total. The second-order valence-corrected chi connectivity index (χ2v) is 10.3. The van der Waals surface area contributed by atoms with E-state index in [2.05, 4.69) is 41.4 Å². The quantitative estimate of drug-likeness (QED) is 0.195. The maximum Gasteiger partial charge on any atom is 0.250 e. The number of benzene rings is 3. The molecule has 0 aliphatic rings. The lowest BCUT2D eigenvalue weighted by molar-refractivity contribution is 0.349. The maximum atomic E-state index is 13.5. The van der Waals surface area contributed by atoms with Gasteiger partial charge in [-0.1, -0.05) is 66.4 Å². The van der Waals surface area contributed by atoms with E-state index in [0.717, 1.165) is 5.44 Å². The fourth-order valence-electron chi connectivity index (χ4n) is 3.51. The smallest absolute Gasteiger partial charge is 0.250 e. The van der Waals surface area contributed by atoms with Gasteiger partial charge in [0.25, 0.3) is 5.44 Å². The number of aromatic nitrogens is 1. The Morgan fingerprint density at radius 1 is 0.793 bits per heavy atom. The third-order valence-electron chi connectivity index (χ3n) is 4.67. The summed E-state index contributed by atoms with van der Waals surface area (Å²) in [7, 11) is -2.34. The van der Waals surface area contributed by atoms with Crippen LogP contribution in [0.15, 0.2) is 101 Å². The van der Waals surface area contributed by atoms with Crippen molar-refractivity contribution in [2.45, 2.75) is 11.8 Å². The molecule has 6 heteroatoms. The van der Waals surface area contributed by atoms with E-state index < -0.39 is 13.9 Å². The van der Waals surface area contributed by atoms with Crippen LogP contribution >= 0.6 is 43.0 Å². The fourth-order valence-corrected chi connectivity index (χ4v) is 8.67. The zero-order valence-electron chi connectivity index (χ0n) is 15.9. The predicted molar refractivity (Wildman–Crippen MR) is 133 cm³/mol. The molecule has 0 saturated carbocycles. The number of alkyl halides is 1. The second kappa shape index (κ2) is 9.88. The van der Waals surface area contributed by atoms with Crippen molar-refractivity contribution in [3.63, 3.8) is 0 Å². The molecule has 0 amide bonds. The molecule has 4 rings (SSSR count). The molecule has 4 aromatic rings. The molecule has 1 aromatic heterocycles. The fraction of sp³-hybridized carbons (Fsp3) is 0.0870. The van der Waals surface area contributed by atoms with E-state index in [0.29, 0.717) is 5.09 Å². The first-order valence-corrected chi connectivity index (χ1v) is 12.0. The summed E-state index contributed by atoms with van der Waals surface area (Å²) in [5.41, 5.74) is 0.830. The van der Waals surface area contributed by atoms with Crippen LogP contribution in [0.1, 0.15) is 5.89 Å². The molecule has 0 radical (unpaired) electrons. The Labute approximate surface area is 192 Å². The highest BCUT2D eigenvalue weighted by molar-refractivity contribution is 14.0. The number of oxazole rings is 1. The Morgan fingerprint density at radius 3 is 1.55 bits per heavy atom. The Balaban J connectivity index is 0.00000240. The Bertz CT molecular complexity index is 948. The Kier molecular flexibility index (Phi) is 7.49. The van der Waals surface area contributed by atoms with Crippen LogP contribution in [0.3, 0.4) is 0 Å². The summed E-state index contributed by atoms with van der Waals surface area (Å²) in [4.78, 5) is 4.69. The van der Waals surface area contributed by atoms with Gasteiger partial charge in [0.2, 0.25) is 11.0 Å². The molecule has 0 atom stereocenters. The first kappa shape index (κ1) is 22.0. The van der Waals surface area contributed by atoms with Gasteiger partial charge < -0.3 is 4.42 Å². The maximum absolute atomic E-state index is 13.5. The standard InChI is InChI=1S/C23H20FNOPS.HI/c1-28-23-22(25-21(17-24)26-23)27(18-11-5-2-6-12-18,19-13-7-3-8-14-19)20-15-9-4-10-16-20;/h2-16H,17H2,1H3;1H/q+1;. The Morgan fingerprint density at radius 2 is 1.21 bits per heavy atom. The van der Waals surface area contributed by atoms with Gasteiger partial charge in [-0.3, -0.25) is 0 Å². The minimum absolute atomic E-state index is 0. The minimum atomic E-state index is -2.34. The van der Waals surface area contributed by atoms with Gasteiger partial charge in [-0.25, -0.2) is 4.39 Å². The van der Waals surface area contributed by atoms with Crippen LogP contribution in [0.4, 0.5) is 4.39 Å². The van der Waals surface area contributed by atoms with Crippen molar-refractivity contribution < 1.29 is 8.81 Å². The van der Waals surface area contributed by atoms with E-state index in [4.69, 9.17) is 4.42 Å². The largest absolute Gasteiger partial charge is 0.427 e.